The molecule has 1 aliphatic carbocycles. The number of hydrogen-bond acceptors (Lipinski definition) is 4. The van der Waals surface area contributed by atoms with E-state index in [1.54, 1.807) is 0 Å². The molecule has 0 radical (unpaired) electrons. The number of carbonyl (C=O) groups excluding carboxylic acids is 2. The van der Waals surface area contributed by atoms with E-state index in [0.29, 0.717) is 25.8 Å². The van der Waals surface area contributed by atoms with Crippen molar-refractivity contribution in [2.45, 2.75) is 50.2 Å². The third-order valence-electron chi connectivity index (χ3n) is 5.11. The van der Waals surface area contributed by atoms with Crippen molar-refractivity contribution >= 4 is 21.8 Å². The summed E-state index contributed by atoms with van der Waals surface area (Å²) in [6.45, 7) is 0.380. The Labute approximate surface area is 153 Å². The minimum atomic E-state index is -3.06. The molecule has 3 rings (SSSR count). The predicted octanol–water partition coefficient (Wildman–Crippen LogP) is 1.10. The molecule has 1 aliphatic heterocycles. The lowest BCUT2D eigenvalue weighted by molar-refractivity contribution is -0.127. The summed E-state index contributed by atoms with van der Waals surface area (Å²) in [5.74, 6) is -0.183. The van der Waals surface area contributed by atoms with Crippen LogP contribution in [0.4, 0.5) is 4.79 Å². The van der Waals surface area contributed by atoms with E-state index in [0.717, 1.165) is 18.4 Å². The van der Waals surface area contributed by atoms with E-state index in [2.05, 4.69) is 16.0 Å². The van der Waals surface area contributed by atoms with Crippen LogP contribution in [-0.2, 0) is 21.2 Å². The molecular weight excluding hydrogens is 354 g/mol. The first-order valence-electron chi connectivity index (χ1n) is 9.00. The number of carbonyl (C=O) groups is 2. The van der Waals surface area contributed by atoms with Crippen LogP contribution in [0.25, 0.3) is 0 Å². The number of benzene rings is 1. The molecule has 3 N–H and O–H groups in total. The first-order chi connectivity index (χ1) is 12.4. The zero-order valence-electron chi connectivity index (χ0n) is 14.7. The van der Waals surface area contributed by atoms with Gasteiger partial charge in [-0.25, -0.2) is 13.2 Å². The summed E-state index contributed by atoms with van der Waals surface area (Å²) in [4.78, 5) is 25.1. The summed E-state index contributed by atoms with van der Waals surface area (Å²) in [6, 6.07) is 8.79. The van der Waals surface area contributed by atoms with Crippen LogP contribution in [0.2, 0.25) is 0 Å². The molecule has 1 saturated carbocycles. The van der Waals surface area contributed by atoms with Crippen molar-refractivity contribution in [1.29, 1.82) is 0 Å². The molecular formula is C18H25N3O4S. The molecule has 2 aliphatic rings. The third kappa shape index (κ3) is 4.55. The quantitative estimate of drug-likeness (QED) is 0.713. The summed E-state index contributed by atoms with van der Waals surface area (Å²) in [5, 5.41) is 8.47. The molecule has 1 heterocycles. The predicted molar refractivity (Wildman–Crippen MR) is 98.2 cm³/mol. The number of rotatable bonds is 5. The Bertz CT molecular complexity index is 758. The highest BCUT2D eigenvalue weighted by Gasteiger charge is 2.44. The molecule has 0 spiro atoms. The molecule has 26 heavy (non-hydrogen) atoms. The molecule has 1 unspecified atom stereocenters. The van der Waals surface area contributed by atoms with Crippen LogP contribution in [0.15, 0.2) is 30.3 Å². The minimum Gasteiger partial charge on any atom is -0.350 e. The number of hydrogen-bond donors (Lipinski definition) is 3. The fraction of sp³-hybridized carbons (Fsp3) is 0.556. The van der Waals surface area contributed by atoms with Gasteiger partial charge in [0.1, 0.15) is 5.54 Å². The molecule has 0 bridgehead atoms. The average molecular weight is 379 g/mol. The summed E-state index contributed by atoms with van der Waals surface area (Å²) in [6.07, 6.45) is 3.28. The SMILES string of the molecule is O=C(NCc1ccccc1)NC1(C(=O)NC2CCS(=O)(=O)C2)CCCC1. The van der Waals surface area contributed by atoms with Crippen molar-refractivity contribution in [3.05, 3.63) is 35.9 Å². The summed E-state index contributed by atoms with van der Waals surface area (Å²) < 4.78 is 23.2. The first-order valence-corrected chi connectivity index (χ1v) is 10.8. The van der Waals surface area contributed by atoms with Crippen LogP contribution in [0, 0.1) is 0 Å². The smallest absolute Gasteiger partial charge is 0.315 e. The van der Waals surface area contributed by atoms with Gasteiger partial charge in [-0.05, 0) is 24.8 Å². The molecule has 3 amide bonds. The van der Waals surface area contributed by atoms with Gasteiger partial charge in [-0.1, -0.05) is 43.2 Å². The Balaban J connectivity index is 1.58. The van der Waals surface area contributed by atoms with E-state index in [1.807, 2.05) is 30.3 Å². The summed E-state index contributed by atoms with van der Waals surface area (Å²) in [5.41, 5.74) is 0.0244. The fourth-order valence-corrected chi connectivity index (χ4v) is 5.33. The highest BCUT2D eigenvalue weighted by molar-refractivity contribution is 7.91. The maximum Gasteiger partial charge on any atom is 0.315 e. The van der Waals surface area contributed by atoms with E-state index in [1.165, 1.54) is 0 Å². The molecule has 1 saturated heterocycles. The molecule has 1 aromatic carbocycles. The second-order valence-electron chi connectivity index (χ2n) is 7.16. The van der Waals surface area contributed by atoms with E-state index in [-0.39, 0.29) is 29.5 Å². The second-order valence-corrected chi connectivity index (χ2v) is 9.38. The van der Waals surface area contributed by atoms with Gasteiger partial charge in [0.15, 0.2) is 9.84 Å². The Morgan fingerprint density at radius 2 is 1.81 bits per heavy atom. The van der Waals surface area contributed by atoms with E-state index in [9.17, 15) is 18.0 Å². The van der Waals surface area contributed by atoms with Gasteiger partial charge < -0.3 is 16.0 Å². The average Bonchev–Trinajstić information content (AvgIpc) is 3.21. The normalized spacial score (nSPS) is 23.3. The van der Waals surface area contributed by atoms with Crippen LogP contribution >= 0.6 is 0 Å². The van der Waals surface area contributed by atoms with Crippen molar-refractivity contribution in [3.63, 3.8) is 0 Å². The van der Waals surface area contributed by atoms with Crippen molar-refractivity contribution in [2.75, 3.05) is 11.5 Å². The lowest BCUT2D eigenvalue weighted by Gasteiger charge is -2.30. The van der Waals surface area contributed by atoms with Gasteiger partial charge in [-0.3, -0.25) is 4.79 Å². The van der Waals surface area contributed by atoms with E-state index >= 15 is 0 Å². The maximum atomic E-state index is 12.8. The molecule has 142 valence electrons. The summed E-state index contributed by atoms with van der Waals surface area (Å²) in [7, 11) is -3.06. The third-order valence-corrected chi connectivity index (χ3v) is 6.88. The van der Waals surface area contributed by atoms with Gasteiger partial charge in [0.25, 0.3) is 0 Å². The zero-order chi connectivity index (χ0) is 18.6. The minimum absolute atomic E-state index is 0.0188. The number of amides is 3. The largest absolute Gasteiger partial charge is 0.350 e. The molecule has 2 fully saturated rings. The van der Waals surface area contributed by atoms with Gasteiger partial charge in [-0.15, -0.1) is 0 Å². The Morgan fingerprint density at radius 3 is 2.42 bits per heavy atom. The lowest BCUT2D eigenvalue weighted by atomic mass is 9.96. The summed E-state index contributed by atoms with van der Waals surface area (Å²) >= 11 is 0. The Morgan fingerprint density at radius 1 is 1.12 bits per heavy atom. The number of urea groups is 1. The molecule has 0 aromatic heterocycles. The van der Waals surface area contributed by atoms with Gasteiger partial charge in [0.2, 0.25) is 5.91 Å². The first kappa shape index (κ1) is 18.7. The Kier molecular flexibility index (Phi) is 5.50. The highest BCUT2D eigenvalue weighted by Crippen LogP contribution is 2.30. The molecule has 8 heteroatoms. The second kappa shape index (κ2) is 7.65. The number of nitrogens with one attached hydrogen (secondary N) is 3. The van der Waals surface area contributed by atoms with Crippen molar-refractivity contribution in [1.82, 2.24) is 16.0 Å². The molecule has 1 aromatic rings. The fourth-order valence-electron chi connectivity index (χ4n) is 3.66. The molecule has 1 atom stereocenters. The van der Waals surface area contributed by atoms with Gasteiger partial charge in [-0.2, -0.15) is 0 Å². The van der Waals surface area contributed by atoms with Crippen molar-refractivity contribution in [3.8, 4) is 0 Å². The van der Waals surface area contributed by atoms with Crippen LogP contribution < -0.4 is 16.0 Å². The molecule has 7 nitrogen and oxygen atoms in total. The van der Waals surface area contributed by atoms with E-state index < -0.39 is 15.4 Å². The number of sulfone groups is 1. The highest BCUT2D eigenvalue weighted by atomic mass is 32.2. The van der Waals surface area contributed by atoms with Gasteiger partial charge in [0, 0.05) is 12.6 Å². The van der Waals surface area contributed by atoms with Crippen LogP contribution in [0.3, 0.4) is 0 Å². The van der Waals surface area contributed by atoms with Gasteiger partial charge in [0.05, 0.1) is 11.5 Å². The maximum absolute atomic E-state index is 12.8. The lowest BCUT2D eigenvalue weighted by Crippen LogP contribution is -2.60. The van der Waals surface area contributed by atoms with Gasteiger partial charge >= 0.3 is 6.03 Å². The van der Waals surface area contributed by atoms with Crippen LogP contribution in [-0.4, -0.2) is 43.4 Å². The van der Waals surface area contributed by atoms with Crippen LogP contribution in [0.5, 0.6) is 0 Å². The zero-order valence-corrected chi connectivity index (χ0v) is 15.5. The van der Waals surface area contributed by atoms with Crippen molar-refractivity contribution in [2.24, 2.45) is 0 Å². The standard InChI is InChI=1S/C18H25N3O4S/c22-16(20-15-8-11-26(24,25)13-15)18(9-4-5-10-18)21-17(23)19-12-14-6-2-1-3-7-14/h1-3,6-7,15H,4-5,8-13H2,(H,20,22)(H2,19,21,23). The van der Waals surface area contributed by atoms with E-state index in [4.69, 9.17) is 0 Å². The topological polar surface area (TPSA) is 104 Å². The van der Waals surface area contributed by atoms with Crippen LogP contribution in [0.1, 0.15) is 37.7 Å². The Hall–Kier alpha value is -2.09. The van der Waals surface area contributed by atoms with Crippen molar-refractivity contribution < 1.29 is 18.0 Å². The monoisotopic (exact) mass is 379 g/mol.